The zero-order valence-corrected chi connectivity index (χ0v) is 14.1. The Kier molecular flexibility index (Phi) is 5.10. The summed E-state index contributed by atoms with van der Waals surface area (Å²) in [4.78, 5) is 34.3. The zero-order valence-electron chi connectivity index (χ0n) is 13.3. The molecule has 1 fully saturated rings. The van der Waals surface area contributed by atoms with E-state index in [-0.39, 0.29) is 17.7 Å². The molecule has 6 nitrogen and oxygen atoms in total. The molecule has 1 aliphatic heterocycles. The number of aromatic nitrogens is 2. The third kappa shape index (κ3) is 3.73. The number of rotatable bonds is 5. The number of thioether (sulfide) groups is 1. The molecule has 0 radical (unpaired) electrons. The van der Waals surface area contributed by atoms with E-state index in [1.54, 1.807) is 4.90 Å². The molecule has 1 aliphatic rings. The van der Waals surface area contributed by atoms with Gasteiger partial charge in [0.15, 0.2) is 5.16 Å². The lowest BCUT2D eigenvalue weighted by molar-refractivity contribution is -0.117. The van der Waals surface area contributed by atoms with Crippen LogP contribution in [-0.4, -0.2) is 41.1 Å². The van der Waals surface area contributed by atoms with Gasteiger partial charge in [0.2, 0.25) is 5.91 Å². The molecule has 2 amide bonds. The molecule has 2 heterocycles. The molecule has 1 unspecified atom stereocenters. The van der Waals surface area contributed by atoms with Gasteiger partial charge in [-0.2, -0.15) is 0 Å². The zero-order chi connectivity index (χ0) is 16.9. The number of hydrogen-bond acceptors (Lipinski definition) is 5. The summed E-state index contributed by atoms with van der Waals surface area (Å²) in [6.45, 7) is 1.07. The van der Waals surface area contributed by atoms with Gasteiger partial charge in [-0.15, -0.1) is 0 Å². The van der Waals surface area contributed by atoms with Crippen molar-refractivity contribution in [2.45, 2.75) is 11.6 Å². The first-order valence-corrected chi connectivity index (χ1v) is 8.89. The molecular weight excluding hydrogens is 324 g/mol. The minimum atomic E-state index is -0.215. The molecule has 3 rings (SSSR count). The minimum absolute atomic E-state index is 0.0908. The Labute approximate surface area is 144 Å². The van der Waals surface area contributed by atoms with E-state index in [0.717, 1.165) is 5.69 Å². The molecule has 7 heteroatoms. The first kappa shape index (κ1) is 16.4. The predicted molar refractivity (Wildman–Crippen MR) is 93.0 cm³/mol. The first-order valence-electron chi connectivity index (χ1n) is 7.67. The van der Waals surface area contributed by atoms with Gasteiger partial charge in [0, 0.05) is 43.5 Å². The number of amides is 2. The van der Waals surface area contributed by atoms with Gasteiger partial charge < -0.3 is 10.2 Å². The highest BCUT2D eigenvalue weighted by molar-refractivity contribution is 7.98. The van der Waals surface area contributed by atoms with Crippen LogP contribution in [-0.2, 0) is 4.79 Å². The fourth-order valence-corrected chi connectivity index (χ4v) is 2.97. The maximum Gasteiger partial charge on any atom is 0.254 e. The van der Waals surface area contributed by atoms with Gasteiger partial charge in [-0.3, -0.25) is 9.59 Å². The molecule has 1 atom stereocenters. The van der Waals surface area contributed by atoms with E-state index >= 15 is 0 Å². The second-order valence-electron chi connectivity index (χ2n) is 5.58. The molecule has 0 bridgehead atoms. The third-order valence-electron chi connectivity index (χ3n) is 3.90. The van der Waals surface area contributed by atoms with Gasteiger partial charge in [0.05, 0.1) is 5.56 Å². The molecule has 24 heavy (non-hydrogen) atoms. The number of anilines is 1. The number of nitrogens with zero attached hydrogens (tertiary/aromatic N) is 3. The highest BCUT2D eigenvalue weighted by Crippen LogP contribution is 2.24. The van der Waals surface area contributed by atoms with Crippen LogP contribution in [0, 0.1) is 5.92 Å². The lowest BCUT2D eigenvalue weighted by atomic mass is 10.1. The number of para-hydroxylation sites is 1. The fraction of sp³-hybridized carbons (Fsp3) is 0.294. The monoisotopic (exact) mass is 342 g/mol. The van der Waals surface area contributed by atoms with Crippen LogP contribution >= 0.6 is 11.8 Å². The van der Waals surface area contributed by atoms with E-state index in [2.05, 4.69) is 15.3 Å². The van der Waals surface area contributed by atoms with Crippen molar-refractivity contribution < 1.29 is 9.59 Å². The van der Waals surface area contributed by atoms with Crippen molar-refractivity contribution in [3.05, 3.63) is 48.3 Å². The SMILES string of the molecule is CSc1ncc(C(=O)NCC2CC(=O)N(c3ccccc3)C2)cn1. The van der Waals surface area contributed by atoms with Crippen molar-refractivity contribution in [2.24, 2.45) is 5.92 Å². The first-order chi connectivity index (χ1) is 11.7. The third-order valence-corrected chi connectivity index (χ3v) is 4.47. The minimum Gasteiger partial charge on any atom is -0.352 e. The summed E-state index contributed by atoms with van der Waals surface area (Å²) in [5.41, 5.74) is 1.33. The quantitative estimate of drug-likeness (QED) is 0.664. The van der Waals surface area contributed by atoms with Gasteiger partial charge in [-0.25, -0.2) is 9.97 Å². The van der Waals surface area contributed by atoms with E-state index in [1.807, 2.05) is 36.6 Å². The molecule has 124 valence electrons. The number of carbonyl (C=O) groups is 2. The van der Waals surface area contributed by atoms with E-state index in [1.165, 1.54) is 24.2 Å². The Morgan fingerprint density at radius 2 is 2.00 bits per heavy atom. The summed E-state index contributed by atoms with van der Waals surface area (Å²) < 4.78 is 0. The summed E-state index contributed by atoms with van der Waals surface area (Å²) in [6, 6.07) is 9.59. The molecule has 0 aliphatic carbocycles. The van der Waals surface area contributed by atoms with Crippen LogP contribution in [0.4, 0.5) is 5.69 Å². The van der Waals surface area contributed by atoms with Gasteiger partial charge in [0.1, 0.15) is 0 Å². The largest absolute Gasteiger partial charge is 0.352 e. The van der Waals surface area contributed by atoms with Gasteiger partial charge in [0.25, 0.3) is 5.91 Å². The van der Waals surface area contributed by atoms with Crippen LogP contribution < -0.4 is 10.2 Å². The Bertz CT molecular complexity index is 721. The van der Waals surface area contributed by atoms with Crippen molar-refractivity contribution in [1.29, 1.82) is 0 Å². The number of nitrogens with one attached hydrogen (secondary N) is 1. The van der Waals surface area contributed by atoms with Crippen LogP contribution in [0.1, 0.15) is 16.8 Å². The standard InChI is InChI=1S/C17H18N4O2S/c1-24-17-19-9-13(10-20-17)16(23)18-8-12-7-15(22)21(11-12)14-5-3-2-4-6-14/h2-6,9-10,12H,7-8,11H2,1H3,(H,18,23). The Balaban J connectivity index is 1.55. The lowest BCUT2D eigenvalue weighted by Gasteiger charge is -2.16. The average Bonchev–Trinajstić information content (AvgIpc) is 3.01. The summed E-state index contributed by atoms with van der Waals surface area (Å²) in [6.07, 6.45) is 5.36. The van der Waals surface area contributed by atoms with Gasteiger partial charge in [-0.05, 0) is 18.4 Å². The smallest absolute Gasteiger partial charge is 0.254 e. The molecule has 0 saturated carbocycles. The van der Waals surface area contributed by atoms with E-state index in [0.29, 0.717) is 30.2 Å². The van der Waals surface area contributed by atoms with E-state index in [9.17, 15) is 9.59 Å². The predicted octanol–water partition coefficient (Wildman–Crippen LogP) is 1.98. The van der Waals surface area contributed by atoms with Crippen LogP contribution in [0.5, 0.6) is 0 Å². The topological polar surface area (TPSA) is 75.2 Å². The molecule has 1 aromatic heterocycles. The summed E-state index contributed by atoms with van der Waals surface area (Å²) in [5, 5.41) is 3.50. The number of carbonyl (C=O) groups excluding carboxylic acids is 2. The highest BCUT2D eigenvalue weighted by Gasteiger charge is 2.30. The van der Waals surface area contributed by atoms with Crippen LogP contribution in [0.15, 0.2) is 47.9 Å². The van der Waals surface area contributed by atoms with Crippen LogP contribution in [0.2, 0.25) is 0 Å². The molecule has 1 N–H and O–H groups in total. The molecule has 1 saturated heterocycles. The van der Waals surface area contributed by atoms with Crippen molar-refractivity contribution in [2.75, 3.05) is 24.2 Å². The summed E-state index contributed by atoms with van der Waals surface area (Å²) in [7, 11) is 0. The van der Waals surface area contributed by atoms with Gasteiger partial charge >= 0.3 is 0 Å². The maximum atomic E-state index is 12.2. The Morgan fingerprint density at radius 1 is 1.29 bits per heavy atom. The van der Waals surface area contributed by atoms with Crippen molar-refractivity contribution in [3.63, 3.8) is 0 Å². The van der Waals surface area contributed by atoms with Crippen LogP contribution in [0.25, 0.3) is 0 Å². The normalized spacial score (nSPS) is 17.1. The molecule has 0 spiro atoms. The van der Waals surface area contributed by atoms with E-state index < -0.39 is 0 Å². The van der Waals surface area contributed by atoms with Crippen LogP contribution in [0.3, 0.4) is 0 Å². The molecular formula is C17H18N4O2S. The molecule has 2 aromatic rings. The Hall–Kier alpha value is -2.41. The lowest BCUT2D eigenvalue weighted by Crippen LogP contribution is -2.31. The maximum absolute atomic E-state index is 12.2. The fourth-order valence-electron chi connectivity index (χ4n) is 2.65. The summed E-state index contributed by atoms with van der Waals surface area (Å²) >= 11 is 1.42. The highest BCUT2D eigenvalue weighted by atomic mass is 32.2. The second-order valence-corrected chi connectivity index (χ2v) is 6.35. The van der Waals surface area contributed by atoms with E-state index in [4.69, 9.17) is 0 Å². The molecule has 1 aromatic carbocycles. The van der Waals surface area contributed by atoms with Gasteiger partial charge in [-0.1, -0.05) is 30.0 Å². The van der Waals surface area contributed by atoms with Crippen molar-refractivity contribution in [1.82, 2.24) is 15.3 Å². The number of benzene rings is 1. The summed E-state index contributed by atoms with van der Waals surface area (Å²) in [5.74, 6) is -0.0191. The Morgan fingerprint density at radius 3 is 2.67 bits per heavy atom. The number of hydrogen-bond donors (Lipinski definition) is 1. The van der Waals surface area contributed by atoms with Crippen molar-refractivity contribution in [3.8, 4) is 0 Å². The second kappa shape index (κ2) is 7.44. The van der Waals surface area contributed by atoms with Crippen molar-refractivity contribution >= 4 is 29.3 Å². The average molecular weight is 342 g/mol.